The number of hydrogen-bond donors (Lipinski definition) is 0. The summed E-state index contributed by atoms with van der Waals surface area (Å²) < 4.78 is 0. The minimum Gasteiger partial charge on any atom is -0.307 e. The van der Waals surface area contributed by atoms with E-state index in [1.807, 2.05) is 0 Å². The molecule has 0 aliphatic carbocycles. The highest BCUT2D eigenvalue weighted by molar-refractivity contribution is 7.00. The number of benzene rings is 8. The Kier molecular flexibility index (Phi) is 8.68. The van der Waals surface area contributed by atoms with Gasteiger partial charge in [-0.15, -0.1) is 0 Å². The zero-order chi connectivity index (χ0) is 42.9. The van der Waals surface area contributed by atoms with Crippen molar-refractivity contribution in [2.45, 2.75) is 69.2 Å². The second-order valence-corrected chi connectivity index (χ2v) is 18.7. The van der Waals surface area contributed by atoms with Crippen molar-refractivity contribution >= 4 is 80.3 Å². The van der Waals surface area contributed by atoms with Crippen LogP contribution in [0.2, 0.25) is 0 Å². The molecule has 3 heterocycles. The van der Waals surface area contributed by atoms with Crippen molar-refractivity contribution in [3.63, 3.8) is 0 Å². The molecule has 8 aromatic carbocycles. The van der Waals surface area contributed by atoms with Gasteiger partial charge in [0.25, 0.3) is 0 Å². The topological polar surface area (TPSA) is 6.48 Å². The van der Waals surface area contributed by atoms with Crippen LogP contribution in [-0.2, 0) is 0 Å². The zero-order valence-electron chi connectivity index (χ0n) is 37.8. The van der Waals surface area contributed by atoms with Crippen LogP contribution in [0.3, 0.4) is 0 Å². The molecule has 0 unspecified atom stereocenters. The summed E-state index contributed by atoms with van der Waals surface area (Å²) in [6.45, 7) is 22.8. The highest BCUT2D eigenvalue weighted by Crippen LogP contribution is 2.55. The number of anilines is 6. The fourth-order valence-electron chi connectivity index (χ4n) is 12.2. The van der Waals surface area contributed by atoms with E-state index in [0.717, 1.165) is 0 Å². The van der Waals surface area contributed by atoms with E-state index in [1.165, 1.54) is 145 Å². The van der Waals surface area contributed by atoms with Crippen molar-refractivity contribution in [1.29, 1.82) is 0 Å². The Hall–Kier alpha value is -6.51. The number of hydrogen-bond acceptors (Lipinski definition) is 2. The molecule has 0 spiro atoms. The lowest BCUT2D eigenvalue weighted by Crippen LogP contribution is -2.62. The Morgan fingerprint density at radius 2 is 0.645 bits per heavy atom. The molecule has 0 saturated carbocycles. The van der Waals surface area contributed by atoms with Crippen molar-refractivity contribution in [3.8, 4) is 22.3 Å². The second kappa shape index (κ2) is 14.0. The van der Waals surface area contributed by atoms with Crippen LogP contribution in [0.1, 0.15) is 55.6 Å². The number of para-hydroxylation sites is 2. The summed E-state index contributed by atoms with van der Waals surface area (Å²) in [5.74, 6) is 0. The number of fused-ring (bicyclic) bond motifs is 6. The molecule has 0 bridgehead atoms. The van der Waals surface area contributed by atoms with Crippen molar-refractivity contribution < 1.29 is 0 Å². The van der Waals surface area contributed by atoms with Crippen LogP contribution in [0.25, 0.3) is 22.3 Å². The predicted octanol–water partition coefficient (Wildman–Crippen LogP) is 11.0. The largest absolute Gasteiger partial charge is 0.307 e. The van der Waals surface area contributed by atoms with Crippen LogP contribution in [0.5, 0.6) is 0 Å². The van der Waals surface area contributed by atoms with E-state index in [2.05, 4.69) is 212 Å². The molecule has 2 nitrogen and oxygen atoms in total. The fourth-order valence-corrected chi connectivity index (χ4v) is 12.2. The first kappa shape index (κ1) is 38.4. The first-order valence-electron chi connectivity index (χ1n) is 22.3. The van der Waals surface area contributed by atoms with Gasteiger partial charge in [0.15, 0.2) is 0 Å². The third-order valence-electron chi connectivity index (χ3n) is 14.4. The van der Waals surface area contributed by atoms with Crippen LogP contribution >= 0.6 is 0 Å². The van der Waals surface area contributed by atoms with Crippen LogP contribution in [0.4, 0.5) is 34.1 Å². The van der Waals surface area contributed by atoms with Crippen LogP contribution in [0.15, 0.2) is 133 Å². The quantitative estimate of drug-likeness (QED) is 0.164. The normalized spacial score (nSPS) is 13.2. The number of rotatable bonds is 4. The molecule has 3 aliphatic rings. The Labute approximate surface area is 369 Å². The van der Waals surface area contributed by atoms with Gasteiger partial charge < -0.3 is 9.80 Å². The molecule has 300 valence electrons. The Balaban J connectivity index is 1.23. The Morgan fingerprint density at radius 3 is 1.00 bits per heavy atom. The summed E-state index contributed by atoms with van der Waals surface area (Å²) in [5, 5.41) is 0. The van der Waals surface area contributed by atoms with E-state index < -0.39 is 0 Å². The van der Waals surface area contributed by atoms with Crippen molar-refractivity contribution in [3.05, 3.63) is 189 Å². The molecule has 0 amide bonds. The van der Waals surface area contributed by atoms with Crippen LogP contribution in [0, 0.1) is 69.2 Å². The van der Waals surface area contributed by atoms with Gasteiger partial charge in [0.1, 0.15) is 0 Å². The summed E-state index contributed by atoms with van der Waals surface area (Å²) >= 11 is 0. The number of aryl methyl sites for hydroxylation is 10. The van der Waals surface area contributed by atoms with Gasteiger partial charge in [-0.1, -0.05) is 154 Å². The molecule has 62 heavy (non-hydrogen) atoms. The van der Waals surface area contributed by atoms with Gasteiger partial charge in [-0.25, -0.2) is 0 Å². The Morgan fingerprint density at radius 1 is 0.306 bits per heavy atom. The summed E-state index contributed by atoms with van der Waals surface area (Å²) in [5.41, 5.74) is 34.2. The molecule has 0 fully saturated rings. The van der Waals surface area contributed by atoms with Gasteiger partial charge in [-0.2, -0.15) is 0 Å². The summed E-state index contributed by atoms with van der Waals surface area (Å²) in [4.78, 5) is 5.25. The van der Waals surface area contributed by atoms with Crippen LogP contribution < -0.4 is 42.6 Å². The van der Waals surface area contributed by atoms with E-state index in [9.17, 15) is 0 Å². The molecular formula is C58H52B2N2. The fraction of sp³-hybridized carbons (Fsp3) is 0.172. The van der Waals surface area contributed by atoms with Crippen LogP contribution in [-0.4, -0.2) is 13.4 Å². The summed E-state index contributed by atoms with van der Waals surface area (Å²) in [7, 11) is 0. The third kappa shape index (κ3) is 5.51. The summed E-state index contributed by atoms with van der Waals surface area (Å²) in [6.07, 6.45) is 0. The highest BCUT2D eigenvalue weighted by atomic mass is 15.3. The minimum atomic E-state index is 0.0482. The molecule has 0 atom stereocenters. The average Bonchev–Trinajstić information content (AvgIpc) is 3.22. The van der Waals surface area contributed by atoms with Gasteiger partial charge in [0.2, 0.25) is 13.4 Å². The highest BCUT2D eigenvalue weighted by Gasteiger charge is 2.47. The van der Waals surface area contributed by atoms with Gasteiger partial charge in [0, 0.05) is 11.4 Å². The Bertz CT molecular complexity index is 2930. The maximum atomic E-state index is 2.63. The molecule has 0 aromatic heterocycles. The molecule has 0 N–H and O–H groups in total. The van der Waals surface area contributed by atoms with Gasteiger partial charge in [-0.05, 0) is 160 Å². The molecule has 3 aliphatic heterocycles. The minimum absolute atomic E-state index is 0.0482. The predicted molar refractivity (Wildman–Crippen MR) is 270 cm³/mol. The summed E-state index contributed by atoms with van der Waals surface area (Å²) in [6, 6.07) is 51.7. The molecule has 0 radical (unpaired) electrons. The SMILES string of the molecule is Cc1cc(C)c(B2c3cc(-c4c(C)cccc4C)ccc3N3c4cccc5c4N(c4ccc(-c6c(C)cccc6C)cc4B5c4c(C)cc(C)cc4C)c4cccc2c43)c(C)c1. The maximum absolute atomic E-state index is 2.63. The standard InChI is InChI=1S/C58H52B2N2/c1-33-27-39(7)55(40(8)28-33)59-45-19-13-21-51-57(45)61(49-25-23-43(31-47(49)59)53-35(3)15-11-16-36(53)4)52-22-14-20-46-58(52)62(51)50-26-24-44(54-37(5)17-12-18-38(54)6)32-48(50)60(46)56-41(9)29-34(2)30-42(56)10/h11-32H,1-10H3. The molecular weight excluding hydrogens is 746 g/mol. The first-order chi connectivity index (χ1) is 29.9. The smallest absolute Gasteiger partial charge is 0.247 e. The van der Waals surface area contributed by atoms with E-state index in [4.69, 9.17) is 0 Å². The molecule has 4 heteroatoms. The van der Waals surface area contributed by atoms with Gasteiger partial charge in [-0.3, -0.25) is 0 Å². The van der Waals surface area contributed by atoms with E-state index in [0.29, 0.717) is 0 Å². The lowest BCUT2D eigenvalue weighted by Gasteiger charge is -2.49. The lowest BCUT2D eigenvalue weighted by atomic mass is 9.33. The van der Waals surface area contributed by atoms with Crippen molar-refractivity contribution in [1.82, 2.24) is 0 Å². The van der Waals surface area contributed by atoms with E-state index >= 15 is 0 Å². The van der Waals surface area contributed by atoms with Gasteiger partial charge >= 0.3 is 0 Å². The van der Waals surface area contributed by atoms with E-state index in [1.54, 1.807) is 0 Å². The maximum Gasteiger partial charge on any atom is 0.247 e. The lowest BCUT2D eigenvalue weighted by molar-refractivity contribution is 1.18. The monoisotopic (exact) mass is 798 g/mol. The average molecular weight is 799 g/mol. The molecule has 0 saturated heterocycles. The van der Waals surface area contributed by atoms with E-state index in [-0.39, 0.29) is 13.4 Å². The van der Waals surface area contributed by atoms with Crippen molar-refractivity contribution in [2.24, 2.45) is 0 Å². The van der Waals surface area contributed by atoms with Crippen molar-refractivity contribution in [2.75, 3.05) is 9.80 Å². The van der Waals surface area contributed by atoms with Gasteiger partial charge in [0.05, 0.1) is 22.7 Å². The zero-order valence-corrected chi connectivity index (χ0v) is 37.8. The second-order valence-electron chi connectivity index (χ2n) is 18.7. The third-order valence-corrected chi connectivity index (χ3v) is 14.4. The molecule has 8 aromatic rings. The molecule has 11 rings (SSSR count). The first-order valence-corrected chi connectivity index (χ1v) is 22.3. The number of nitrogens with zero attached hydrogens (tertiary/aromatic N) is 2.